The van der Waals surface area contributed by atoms with Crippen LogP contribution in [-0.4, -0.2) is 62.4 Å². The average molecular weight is 483 g/mol. The van der Waals surface area contributed by atoms with E-state index >= 15 is 0 Å². The number of carbonyl (C=O) groups is 1. The first-order valence-corrected chi connectivity index (χ1v) is 11.3. The van der Waals surface area contributed by atoms with Gasteiger partial charge < -0.3 is 20.1 Å². The van der Waals surface area contributed by atoms with E-state index < -0.39 is 17.7 Å². The second kappa shape index (κ2) is 11.2. The van der Waals surface area contributed by atoms with Gasteiger partial charge in [-0.25, -0.2) is 13.6 Å². The molecule has 184 valence electrons. The number of methoxy groups -OCH3 is 2. The van der Waals surface area contributed by atoms with Crippen LogP contribution in [0.3, 0.4) is 0 Å². The van der Waals surface area contributed by atoms with Gasteiger partial charge in [-0.15, -0.1) is 0 Å². The van der Waals surface area contributed by atoms with E-state index in [9.17, 15) is 13.6 Å². The minimum atomic E-state index is -0.906. The molecule has 7 nitrogen and oxygen atoms in total. The zero-order valence-corrected chi connectivity index (χ0v) is 19.6. The fourth-order valence-corrected chi connectivity index (χ4v) is 4.32. The number of hydrogen-bond donors (Lipinski definition) is 2. The first-order chi connectivity index (χ1) is 17.0. The lowest BCUT2D eigenvalue weighted by Gasteiger charge is -2.21. The Kier molecular flexibility index (Phi) is 7.89. The Labute approximate surface area is 203 Å². The van der Waals surface area contributed by atoms with Crippen LogP contribution in [0.1, 0.15) is 11.5 Å². The molecule has 2 atom stereocenters. The number of hydrogen-bond acceptors (Lipinski definition) is 5. The van der Waals surface area contributed by atoms with Gasteiger partial charge in [-0.05, 0) is 17.7 Å². The van der Waals surface area contributed by atoms with Gasteiger partial charge in [0.2, 0.25) is 0 Å². The molecule has 0 spiro atoms. The van der Waals surface area contributed by atoms with Crippen LogP contribution >= 0.6 is 0 Å². The monoisotopic (exact) mass is 482 g/mol. The highest BCUT2D eigenvalue weighted by Gasteiger charge is 2.35. The fraction of sp³-hybridized carbons (Fsp3) is 0.308. The number of rotatable bonds is 8. The largest absolute Gasteiger partial charge is 0.495 e. The van der Waals surface area contributed by atoms with Gasteiger partial charge in [0, 0.05) is 44.3 Å². The Bertz CT molecular complexity index is 1160. The number of urea groups is 1. The summed E-state index contributed by atoms with van der Waals surface area (Å²) in [6, 6.07) is 14.3. The predicted molar refractivity (Wildman–Crippen MR) is 130 cm³/mol. The molecule has 0 radical (unpaired) electrons. The lowest BCUT2D eigenvalue weighted by Crippen LogP contribution is -2.42. The van der Waals surface area contributed by atoms with Crippen LogP contribution in [0.4, 0.5) is 19.3 Å². The van der Waals surface area contributed by atoms with Crippen molar-refractivity contribution in [2.24, 2.45) is 0 Å². The molecule has 1 aliphatic rings. The van der Waals surface area contributed by atoms with E-state index in [-0.39, 0.29) is 12.0 Å². The topological polar surface area (TPSA) is 75.7 Å². The van der Waals surface area contributed by atoms with Crippen molar-refractivity contribution in [3.05, 3.63) is 78.0 Å². The summed E-state index contributed by atoms with van der Waals surface area (Å²) in [5, 5.41) is 5.91. The van der Waals surface area contributed by atoms with E-state index in [1.807, 2.05) is 30.3 Å². The van der Waals surface area contributed by atoms with Crippen molar-refractivity contribution < 1.29 is 23.0 Å². The van der Waals surface area contributed by atoms with Crippen molar-refractivity contribution >= 4 is 11.7 Å². The number of ether oxygens (including phenoxy) is 2. The molecule has 2 N–H and O–H groups in total. The smallest absolute Gasteiger partial charge is 0.319 e. The summed E-state index contributed by atoms with van der Waals surface area (Å²) in [6.07, 6.45) is 1.59. The quantitative estimate of drug-likeness (QED) is 0.502. The normalized spacial score (nSPS) is 17.8. The zero-order valence-electron chi connectivity index (χ0n) is 19.6. The molecule has 35 heavy (non-hydrogen) atoms. The molecular formula is C26H28F2N4O3. The van der Waals surface area contributed by atoms with Gasteiger partial charge in [0.05, 0.1) is 37.3 Å². The maximum absolute atomic E-state index is 14.0. The Morgan fingerprint density at radius 3 is 2.60 bits per heavy atom. The van der Waals surface area contributed by atoms with Crippen molar-refractivity contribution in [3.8, 4) is 17.0 Å². The minimum Gasteiger partial charge on any atom is -0.495 e. The Morgan fingerprint density at radius 1 is 1.09 bits per heavy atom. The number of anilines is 1. The standard InChI is InChI=1S/C26H28F2N4O3/c1-34-11-10-32-15-20(18-8-9-21(27)22(28)12-18)24(16-32)31-26(33)30-23-13-19(35-2)14-29-25(23)17-6-4-3-5-7-17/h3-9,12-14,20,24H,10-11,15-16H2,1-2H3,(H2,30,31,33)/t20-,24+/m0/s1. The number of nitrogens with zero attached hydrogens (tertiary/aromatic N) is 2. The van der Waals surface area contributed by atoms with Gasteiger partial charge in [0.1, 0.15) is 5.75 Å². The van der Waals surface area contributed by atoms with E-state index in [0.29, 0.717) is 48.9 Å². The zero-order chi connectivity index (χ0) is 24.8. The van der Waals surface area contributed by atoms with Gasteiger partial charge in [-0.2, -0.15) is 0 Å². The number of carbonyl (C=O) groups excluding carboxylic acids is 1. The van der Waals surface area contributed by atoms with Crippen LogP contribution in [0.15, 0.2) is 60.8 Å². The summed E-state index contributed by atoms with van der Waals surface area (Å²) in [5.41, 5.74) is 2.57. The lowest BCUT2D eigenvalue weighted by molar-refractivity contribution is 0.159. The lowest BCUT2D eigenvalue weighted by atomic mass is 9.94. The second-order valence-electron chi connectivity index (χ2n) is 8.37. The Morgan fingerprint density at radius 2 is 1.89 bits per heavy atom. The van der Waals surface area contributed by atoms with E-state index in [1.165, 1.54) is 13.2 Å². The molecule has 1 saturated heterocycles. The molecule has 0 bridgehead atoms. The number of likely N-dealkylation sites (tertiary alicyclic amines) is 1. The summed E-state index contributed by atoms with van der Waals surface area (Å²) in [7, 11) is 3.15. The summed E-state index contributed by atoms with van der Waals surface area (Å²) < 4.78 is 38.0. The highest BCUT2D eigenvalue weighted by Crippen LogP contribution is 2.31. The maximum Gasteiger partial charge on any atom is 0.319 e. The van der Waals surface area contributed by atoms with E-state index in [0.717, 1.165) is 11.6 Å². The van der Waals surface area contributed by atoms with Crippen molar-refractivity contribution in [1.29, 1.82) is 0 Å². The van der Waals surface area contributed by atoms with Gasteiger partial charge in [-0.3, -0.25) is 9.88 Å². The number of pyridine rings is 1. The first-order valence-electron chi connectivity index (χ1n) is 11.3. The highest BCUT2D eigenvalue weighted by molar-refractivity contribution is 5.94. The molecule has 2 amide bonds. The molecule has 9 heteroatoms. The third-order valence-corrected chi connectivity index (χ3v) is 6.09. The van der Waals surface area contributed by atoms with Crippen LogP contribution in [-0.2, 0) is 4.74 Å². The molecular weight excluding hydrogens is 454 g/mol. The molecule has 0 unspecified atom stereocenters. The van der Waals surface area contributed by atoms with Gasteiger partial charge in [0.25, 0.3) is 0 Å². The average Bonchev–Trinajstić information content (AvgIpc) is 3.27. The third kappa shape index (κ3) is 5.93. The highest BCUT2D eigenvalue weighted by atomic mass is 19.2. The third-order valence-electron chi connectivity index (χ3n) is 6.09. The number of nitrogens with one attached hydrogen (secondary N) is 2. The summed E-state index contributed by atoms with van der Waals surface area (Å²) in [6.45, 7) is 2.31. The summed E-state index contributed by atoms with van der Waals surface area (Å²) in [5.74, 6) is -1.52. The Hall–Kier alpha value is -3.56. The number of amides is 2. The van der Waals surface area contributed by atoms with Gasteiger partial charge in [-0.1, -0.05) is 36.4 Å². The predicted octanol–water partition coefficient (Wildman–Crippen LogP) is 4.27. The van der Waals surface area contributed by atoms with Crippen molar-refractivity contribution in [1.82, 2.24) is 15.2 Å². The van der Waals surface area contributed by atoms with Gasteiger partial charge >= 0.3 is 6.03 Å². The molecule has 1 aliphatic heterocycles. The van der Waals surface area contributed by atoms with Crippen LogP contribution in [0.5, 0.6) is 5.75 Å². The molecule has 2 heterocycles. The van der Waals surface area contributed by atoms with Crippen molar-refractivity contribution in [2.75, 3.05) is 45.8 Å². The maximum atomic E-state index is 14.0. The second-order valence-corrected chi connectivity index (χ2v) is 8.37. The van der Waals surface area contributed by atoms with Crippen LogP contribution in [0.25, 0.3) is 11.3 Å². The first kappa shape index (κ1) is 24.6. The SMILES string of the molecule is COCCN1C[C@@H](NC(=O)Nc2cc(OC)cnc2-c2ccccc2)[C@H](c2ccc(F)c(F)c2)C1. The molecule has 2 aromatic carbocycles. The van der Waals surface area contributed by atoms with Crippen molar-refractivity contribution in [2.45, 2.75) is 12.0 Å². The molecule has 1 aromatic heterocycles. The molecule has 4 rings (SSSR count). The number of aromatic nitrogens is 1. The fourth-order valence-electron chi connectivity index (χ4n) is 4.32. The van der Waals surface area contributed by atoms with Crippen LogP contribution in [0.2, 0.25) is 0 Å². The summed E-state index contributed by atoms with van der Waals surface area (Å²) in [4.78, 5) is 19.7. The van der Waals surface area contributed by atoms with E-state index in [2.05, 4.69) is 20.5 Å². The van der Waals surface area contributed by atoms with Crippen molar-refractivity contribution in [3.63, 3.8) is 0 Å². The molecule has 0 aliphatic carbocycles. The van der Waals surface area contributed by atoms with E-state index in [4.69, 9.17) is 9.47 Å². The van der Waals surface area contributed by atoms with E-state index in [1.54, 1.807) is 25.4 Å². The van der Waals surface area contributed by atoms with Crippen LogP contribution in [0, 0.1) is 11.6 Å². The summed E-state index contributed by atoms with van der Waals surface area (Å²) >= 11 is 0. The molecule has 0 saturated carbocycles. The van der Waals surface area contributed by atoms with Gasteiger partial charge in [0.15, 0.2) is 11.6 Å². The minimum absolute atomic E-state index is 0.218. The molecule has 1 fully saturated rings. The Balaban J connectivity index is 1.55. The number of halogens is 2. The number of benzene rings is 2. The van der Waals surface area contributed by atoms with Crippen LogP contribution < -0.4 is 15.4 Å². The molecule has 3 aromatic rings.